The quantitative estimate of drug-likeness (QED) is 0.0261. The number of carbonyl (C=O) groups is 3. The maximum atomic E-state index is 12.9. The number of esters is 3. The van der Waals surface area contributed by atoms with Crippen LogP contribution in [0.5, 0.6) is 0 Å². The molecule has 446 valence electrons. The molecule has 0 aliphatic heterocycles. The Morgan fingerprint density at radius 3 is 0.848 bits per heavy atom. The van der Waals surface area contributed by atoms with Crippen LogP contribution in [0.2, 0.25) is 0 Å². The van der Waals surface area contributed by atoms with Gasteiger partial charge in [0.15, 0.2) is 6.10 Å². The van der Waals surface area contributed by atoms with Crippen LogP contribution >= 0.6 is 0 Å². The van der Waals surface area contributed by atoms with E-state index in [4.69, 9.17) is 14.2 Å². The molecule has 1 unspecified atom stereocenters. The molecule has 0 aliphatic rings. The average Bonchev–Trinajstić information content (AvgIpc) is 3.45. The van der Waals surface area contributed by atoms with Crippen LogP contribution < -0.4 is 0 Å². The summed E-state index contributed by atoms with van der Waals surface area (Å²) in [5.74, 6) is -1.11. The van der Waals surface area contributed by atoms with Gasteiger partial charge in [0, 0.05) is 19.3 Å². The van der Waals surface area contributed by atoms with Crippen molar-refractivity contribution in [1.29, 1.82) is 0 Å². The maximum absolute atomic E-state index is 12.9. The third-order valence-corrected chi connectivity index (χ3v) is 13.3. The van der Waals surface area contributed by atoms with E-state index in [9.17, 15) is 14.4 Å². The van der Waals surface area contributed by atoms with Crippen molar-refractivity contribution in [3.05, 3.63) is 146 Å². The van der Waals surface area contributed by atoms with E-state index in [-0.39, 0.29) is 38.0 Å². The number of allylic oxidation sites excluding steroid dienone is 24. The first-order valence-corrected chi connectivity index (χ1v) is 32.3. The molecule has 0 saturated carbocycles. The molecule has 0 saturated heterocycles. The van der Waals surface area contributed by atoms with Gasteiger partial charge in [-0.15, -0.1) is 0 Å². The Balaban J connectivity index is 4.38. The van der Waals surface area contributed by atoms with E-state index in [2.05, 4.69) is 142 Å². The first kappa shape index (κ1) is 74.3. The number of hydrogen-bond donors (Lipinski definition) is 0. The van der Waals surface area contributed by atoms with Crippen molar-refractivity contribution in [3.63, 3.8) is 0 Å². The zero-order valence-corrected chi connectivity index (χ0v) is 51.1. The largest absolute Gasteiger partial charge is 0.462 e. The molecule has 0 heterocycles. The van der Waals surface area contributed by atoms with Crippen LogP contribution in [-0.2, 0) is 28.6 Å². The monoisotopic (exact) mass is 1090 g/mol. The zero-order valence-electron chi connectivity index (χ0n) is 51.1. The number of ether oxygens (including phenoxy) is 3. The summed E-state index contributed by atoms with van der Waals surface area (Å²) in [4.78, 5) is 38.2. The van der Waals surface area contributed by atoms with Crippen LogP contribution in [0.25, 0.3) is 0 Å². The van der Waals surface area contributed by atoms with E-state index < -0.39 is 12.1 Å². The van der Waals surface area contributed by atoms with Gasteiger partial charge in [0.1, 0.15) is 13.2 Å². The second-order valence-corrected chi connectivity index (χ2v) is 20.9. The number of hydrogen-bond acceptors (Lipinski definition) is 6. The summed E-state index contributed by atoms with van der Waals surface area (Å²) in [7, 11) is 0. The smallest absolute Gasteiger partial charge is 0.306 e. The van der Waals surface area contributed by atoms with Crippen LogP contribution in [0.15, 0.2) is 146 Å². The van der Waals surface area contributed by atoms with Gasteiger partial charge in [-0.3, -0.25) is 14.4 Å². The first-order valence-electron chi connectivity index (χ1n) is 32.3. The molecule has 0 aromatic heterocycles. The van der Waals surface area contributed by atoms with Crippen LogP contribution in [0.4, 0.5) is 0 Å². The van der Waals surface area contributed by atoms with Gasteiger partial charge in [-0.2, -0.15) is 0 Å². The molecule has 79 heavy (non-hydrogen) atoms. The first-order chi connectivity index (χ1) is 39.0. The van der Waals surface area contributed by atoms with E-state index in [1.54, 1.807) is 0 Å². The predicted octanol–water partition coefficient (Wildman–Crippen LogP) is 22.3. The second-order valence-electron chi connectivity index (χ2n) is 20.9. The highest BCUT2D eigenvalue weighted by atomic mass is 16.6. The normalized spacial score (nSPS) is 13.1. The van der Waals surface area contributed by atoms with Crippen molar-refractivity contribution >= 4 is 17.9 Å². The lowest BCUT2D eigenvalue weighted by Crippen LogP contribution is -2.30. The minimum Gasteiger partial charge on any atom is -0.462 e. The van der Waals surface area contributed by atoms with Crippen LogP contribution in [0, 0.1) is 0 Å². The topological polar surface area (TPSA) is 78.9 Å². The Labute approximate surface area is 487 Å². The molecule has 0 amide bonds. The summed E-state index contributed by atoms with van der Waals surface area (Å²) in [5, 5.41) is 0. The average molecular weight is 1090 g/mol. The molecule has 0 fully saturated rings. The van der Waals surface area contributed by atoms with Crippen molar-refractivity contribution in [2.45, 2.75) is 284 Å². The van der Waals surface area contributed by atoms with E-state index in [0.29, 0.717) is 19.3 Å². The zero-order chi connectivity index (χ0) is 57.1. The van der Waals surface area contributed by atoms with Gasteiger partial charge >= 0.3 is 17.9 Å². The van der Waals surface area contributed by atoms with Crippen molar-refractivity contribution in [3.8, 4) is 0 Å². The van der Waals surface area contributed by atoms with E-state index in [0.717, 1.165) is 89.9 Å². The minimum atomic E-state index is -0.853. The van der Waals surface area contributed by atoms with Crippen molar-refractivity contribution in [2.24, 2.45) is 0 Å². The van der Waals surface area contributed by atoms with Crippen molar-refractivity contribution in [1.82, 2.24) is 0 Å². The van der Waals surface area contributed by atoms with Crippen molar-refractivity contribution in [2.75, 3.05) is 13.2 Å². The molecule has 0 bridgehead atoms. The van der Waals surface area contributed by atoms with Gasteiger partial charge in [-0.1, -0.05) is 289 Å². The molecular weight excluding hydrogens is 973 g/mol. The highest BCUT2D eigenvalue weighted by Gasteiger charge is 2.19. The van der Waals surface area contributed by atoms with Gasteiger partial charge in [0.25, 0.3) is 0 Å². The highest BCUT2D eigenvalue weighted by Crippen LogP contribution is 2.16. The van der Waals surface area contributed by atoms with E-state index in [1.165, 1.54) is 135 Å². The SMILES string of the molecule is CC/C=C\C/C=C\C/C=C\C/C=C\C/C=C\C/C=C\CCC(=O)OC(COC(=O)CC/C=C\C/C=C\C/C=C\C/C=C\CC)COC(=O)CCCCCCCCCCCCCCCCCCC/C=C\C/C=C\CCCCCCC. The fraction of sp³-hybridized carbons (Fsp3) is 0.630. The van der Waals surface area contributed by atoms with Gasteiger partial charge < -0.3 is 14.2 Å². The molecule has 0 spiro atoms. The molecule has 6 heteroatoms. The van der Waals surface area contributed by atoms with E-state index in [1.807, 2.05) is 24.3 Å². The summed E-state index contributed by atoms with van der Waals surface area (Å²) in [6, 6.07) is 0. The Morgan fingerprint density at radius 1 is 0.266 bits per heavy atom. The molecule has 0 aromatic rings. The summed E-state index contributed by atoms with van der Waals surface area (Å²) < 4.78 is 16.8. The Hall–Kier alpha value is -4.71. The summed E-state index contributed by atoms with van der Waals surface area (Å²) in [5.41, 5.74) is 0. The van der Waals surface area contributed by atoms with Crippen LogP contribution in [0.1, 0.15) is 278 Å². The molecule has 0 rings (SSSR count). The molecule has 1 atom stereocenters. The minimum absolute atomic E-state index is 0.134. The fourth-order valence-electron chi connectivity index (χ4n) is 8.57. The van der Waals surface area contributed by atoms with Gasteiger partial charge in [0.05, 0.1) is 0 Å². The molecule has 0 N–H and O–H groups in total. The Kier molecular flexibility index (Phi) is 61.9. The number of rotatable bonds is 57. The maximum Gasteiger partial charge on any atom is 0.306 e. The summed E-state index contributed by atoms with van der Waals surface area (Å²) in [6.45, 7) is 6.28. The van der Waals surface area contributed by atoms with Crippen LogP contribution in [0.3, 0.4) is 0 Å². The lowest BCUT2D eigenvalue weighted by molar-refractivity contribution is -0.166. The highest BCUT2D eigenvalue weighted by molar-refractivity contribution is 5.71. The molecule has 0 aromatic carbocycles. The fourth-order valence-corrected chi connectivity index (χ4v) is 8.57. The lowest BCUT2D eigenvalue weighted by Gasteiger charge is -2.18. The van der Waals surface area contributed by atoms with Gasteiger partial charge in [-0.25, -0.2) is 0 Å². The third kappa shape index (κ3) is 64.0. The Morgan fingerprint density at radius 2 is 0.519 bits per heavy atom. The van der Waals surface area contributed by atoms with E-state index >= 15 is 0 Å². The summed E-state index contributed by atoms with van der Waals surface area (Å²) in [6.07, 6.45) is 94.7. The van der Waals surface area contributed by atoms with Crippen molar-refractivity contribution < 1.29 is 28.6 Å². The lowest BCUT2D eigenvalue weighted by atomic mass is 10.0. The molecular formula is C73H118O6. The Bertz CT molecular complexity index is 1730. The number of carbonyl (C=O) groups excluding carboxylic acids is 3. The molecule has 0 aliphatic carbocycles. The summed E-state index contributed by atoms with van der Waals surface area (Å²) >= 11 is 0. The molecule has 6 nitrogen and oxygen atoms in total. The van der Waals surface area contributed by atoms with Crippen LogP contribution in [-0.4, -0.2) is 37.2 Å². The second kappa shape index (κ2) is 65.8. The standard InChI is InChI=1S/C73H118O6/c1-4-7-10-13-16-19-22-25-27-29-31-32-33-34-35-36-37-38-39-40-42-43-45-48-51-54-57-60-63-66-72(75)78-69-70(68-77-71(74)65-62-59-56-53-50-47-24-21-18-15-12-9-6-3)79-73(76)67-64-61-58-55-52-49-46-44-41-30-28-26-23-20-17-14-11-8-5-2/h8-9,11-12,17-18,20-22,25-26,28-29,31,41,44,47,49-50,52,56,58-59,61,70H,4-7,10,13-16,19,23-24,27,30,32-40,42-43,45-46,48,51,53-55,57,60,62-69H2,1-3H3/b11-8-,12-9-,20-17-,21-18-,25-22-,28-26-,31-29-,44-41-,50-47-,52-49-,59-56-,61-58-. The third-order valence-electron chi connectivity index (χ3n) is 13.3. The predicted molar refractivity (Wildman–Crippen MR) is 343 cm³/mol. The molecule has 0 radical (unpaired) electrons. The van der Waals surface area contributed by atoms with Gasteiger partial charge in [0.2, 0.25) is 0 Å². The van der Waals surface area contributed by atoms with Gasteiger partial charge in [-0.05, 0) is 116 Å². The number of unbranched alkanes of at least 4 members (excludes halogenated alkanes) is 22.